The average Bonchev–Trinajstić information content (AvgIpc) is 3.45. The smallest absolute Gasteiger partial charge is 0.329 e. The second-order valence-electron chi connectivity index (χ2n) is 12.4. The van der Waals surface area contributed by atoms with Crippen LogP contribution in [0.2, 0.25) is 5.02 Å². The number of urea groups is 1. The molecule has 4 amide bonds. The van der Waals surface area contributed by atoms with Gasteiger partial charge in [-0.2, -0.15) is 10.1 Å². The van der Waals surface area contributed by atoms with Crippen molar-refractivity contribution in [3.63, 3.8) is 0 Å². The number of hydrogen-bond acceptors (Lipinski definition) is 11. The van der Waals surface area contributed by atoms with Crippen molar-refractivity contribution in [3.05, 3.63) is 64.0 Å². The summed E-state index contributed by atoms with van der Waals surface area (Å²) in [5.74, 6) is 0.847. The van der Waals surface area contributed by atoms with Crippen LogP contribution in [0.3, 0.4) is 0 Å². The highest BCUT2D eigenvalue weighted by atomic mass is 35.5. The minimum atomic E-state index is -0.457. The molecular formula is C34H36ClN11O5. The Balaban J connectivity index is 1.01. The molecule has 2 aliphatic heterocycles. The monoisotopic (exact) mass is 713 g/mol. The molecule has 0 spiro atoms. The fourth-order valence-corrected chi connectivity index (χ4v) is 6.50. The number of carbonyl (C=O) groups is 3. The van der Waals surface area contributed by atoms with Crippen LogP contribution in [0.5, 0.6) is 5.75 Å². The lowest BCUT2D eigenvalue weighted by Crippen LogP contribution is -2.49. The number of aryl methyl sites for hydroxylation is 2. The lowest BCUT2D eigenvalue weighted by molar-refractivity contribution is -0.122. The molecule has 264 valence electrons. The maximum absolute atomic E-state index is 12.7. The van der Waals surface area contributed by atoms with Crippen LogP contribution >= 0.6 is 11.6 Å². The summed E-state index contributed by atoms with van der Waals surface area (Å²) in [6.07, 6.45) is 3.48. The molecule has 0 aliphatic carbocycles. The van der Waals surface area contributed by atoms with E-state index in [2.05, 4.69) is 47.3 Å². The molecule has 0 atom stereocenters. The summed E-state index contributed by atoms with van der Waals surface area (Å²) in [5.41, 5.74) is 2.98. The van der Waals surface area contributed by atoms with Gasteiger partial charge in [-0.05, 0) is 55.3 Å². The Morgan fingerprint density at radius 1 is 1.04 bits per heavy atom. The van der Waals surface area contributed by atoms with E-state index in [-0.39, 0.29) is 42.2 Å². The van der Waals surface area contributed by atoms with Gasteiger partial charge in [0, 0.05) is 75.4 Å². The van der Waals surface area contributed by atoms with E-state index in [1.165, 1.54) is 16.5 Å². The molecular weight excluding hydrogens is 678 g/mol. The van der Waals surface area contributed by atoms with Gasteiger partial charge in [0.25, 0.3) is 11.5 Å². The third-order valence-corrected chi connectivity index (χ3v) is 9.43. The van der Waals surface area contributed by atoms with Gasteiger partial charge in [0.2, 0.25) is 11.9 Å². The highest BCUT2D eigenvalue weighted by Gasteiger charge is 2.28. The Bertz CT molecular complexity index is 2250. The van der Waals surface area contributed by atoms with Crippen LogP contribution in [0.25, 0.3) is 21.8 Å². The minimum absolute atomic E-state index is 0.0676. The quantitative estimate of drug-likeness (QED) is 0.176. The lowest BCUT2D eigenvalue weighted by Gasteiger charge is -2.34. The Kier molecular flexibility index (Phi) is 9.08. The number of amides is 4. The van der Waals surface area contributed by atoms with Crippen molar-refractivity contribution < 1.29 is 19.1 Å². The molecule has 0 radical (unpaired) electrons. The Labute approximate surface area is 296 Å². The Hall–Kier alpha value is -5.90. The molecule has 17 heteroatoms. The van der Waals surface area contributed by atoms with Crippen LogP contribution in [-0.4, -0.2) is 81.5 Å². The fraction of sp³-hybridized carbons (Fsp3) is 0.324. The molecule has 7 rings (SSSR count). The SMILES string of the molecule is CNC(=O)COc1cc2cc(Nc3nc(NC4CCN(c5ccc6c(N7CCC(=O)NC7=O)nn(C)c6c5)CC4)ncc3Cl)ccc2n(C)c1=O. The second kappa shape index (κ2) is 13.8. The number of pyridine rings is 1. The van der Waals surface area contributed by atoms with Gasteiger partial charge in [0.15, 0.2) is 24.0 Å². The van der Waals surface area contributed by atoms with Gasteiger partial charge < -0.3 is 30.2 Å². The third kappa shape index (κ3) is 6.81. The molecule has 0 saturated carbocycles. The molecule has 16 nitrogen and oxygen atoms in total. The van der Waals surface area contributed by atoms with Gasteiger partial charge in [-0.15, -0.1) is 0 Å². The molecule has 2 aromatic carbocycles. The van der Waals surface area contributed by atoms with Gasteiger partial charge in [0.05, 0.1) is 17.2 Å². The molecule has 2 saturated heterocycles. The molecule has 51 heavy (non-hydrogen) atoms. The first-order chi connectivity index (χ1) is 24.6. The first-order valence-electron chi connectivity index (χ1n) is 16.4. The topological polar surface area (TPSA) is 181 Å². The van der Waals surface area contributed by atoms with Gasteiger partial charge >= 0.3 is 6.03 Å². The fourth-order valence-electron chi connectivity index (χ4n) is 6.36. The normalized spacial score (nSPS) is 15.3. The zero-order valence-corrected chi connectivity index (χ0v) is 29.0. The van der Waals surface area contributed by atoms with Gasteiger partial charge in [-0.3, -0.25) is 29.3 Å². The van der Waals surface area contributed by atoms with Crippen molar-refractivity contribution in [3.8, 4) is 5.75 Å². The summed E-state index contributed by atoms with van der Waals surface area (Å²) in [4.78, 5) is 61.4. The number of carbonyl (C=O) groups excluding carboxylic acids is 3. The zero-order chi connectivity index (χ0) is 35.8. The summed E-state index contributed by atoms with van der Waals surface area (Å²) in [5, 5.41) is 18.1. The van der Waals surface area contributed by atoms with Crippen LogP contribution in [-0.2, 0) is 23.7 Å². The highest BCUT2D eigenvalue weighted by Crippen LogP contribution is 2.32. The largest absolute Gasteiger partial charge is 0.478 e. The van der Waals surface area contributed by atoms with E-state index in [1.807, 2.05) is 37.4 Å². The number of nitrogens with zero attached hydrogens (tertiary/aromatic N) is 7. The van der Waals surface area contributed by atoms with Crippen molar-refractivity contribution in [2.75, 3.05) is 53.7 Å². The van der Waals surface area contributed by atoms with E-state index in [0.29, 0.717) is 40.4 Å². The number of rotatable bonds is 9. The van der Waals surface area contributed by atoms with Gasteiger partial charge in [-0.1, -0.05) is 11.6 Å². The number of halogens is 1. The molecule has 0 unspecified atom stereocenters. The van der Waals surface area contributed by atoms with E-state index >= 15 is 0 Å². The van der Waals surface area contributed by atoms with Crippen LogP contribution < -0.4 is 41.4 Å². The van der Waals surface area contributed by atoms with Gasteiger partial charge in [-0.25, -0.2) is 9.78 Å². The van der Waals surface area contributed by atoms with E-state index in [0.717, 1.165) is 47.9 Å². The van der Waals surface area contributed by atoms with Crippen LogP contribution in [0.4, 0.5) is 33.8 Å². The minimum Gasteiger partial charge on any atom is -0.478 e. The van der Waals surface area contributed by atoms with Crippen molar-refractivity contribution in [2.24, 2.45) is 14.1 Å². The molecule has 5 heterocycles. The second-order valence-corrected chi connectivity index (χ2v) is 12.8. The van der Waals surface area contributed by atoms with Crippen LogP contribution in [0, 0.1) is 0 Å². The van der Waals surface area contributed by atoms with Crippen molar-refractivity contribution in [1.82, 2.24) is 34.9 Å². The number of ether oxygens (including phenoxy) is 1. The molecule has 3 aromatic heterocycles. The number of hydrogen-bond donors (Lipinski definition) is 4. The number of imide groups is 1. The number of likely N-dealkylation sites (N-methyl/N-ethyl adjacent to an activating group) is 1. The number of nitrogens with one attached hydrogen (secondary N) is 4. The predicted molar refractivity (Wildman–Crippen MR) is 194 cm³/mol. The number of fused-ring (bicyclic) bond motifs is 2. The Morgan fingerprint density at radius 2 is 1.84 bits per heavy atom. The van der Waals surface area contributed by atoms with E-state index < -0.39 is 6.03 Å². The summed E-state index contributed by atoms with van der Waals surface area (Å²) in [7, 11) is 4.99. The summed E-state index contributed by atoms with van der Waals surface area (Å²) < 4.78 is 8.71. The van der Waals surface area contributed by atoms with Crippen LogP contribution in [0.15, 0.2) is 53.5 Å². The molecule has 2 fully saturated rings. The summed E-state index contributed by atoms with van der Waals surface area (Å²) in [6.45, 7) is 1.63. The van der Waals surface area contributed by atoms with E-state index in [1.54, 1.807) is 24.0 Å². The summed E-state index contributed by atoms with van der Waals surface area (Å²) in [6, 6.07) is 12.9. The molecule has 4 N–H and O–H groups in total. The van der Waals surface area contributed by atoms with Crippen molar-refractivity contribution >= 4 is 80.2 Å². The number of aromatic nitrogens is 5. The number of piperidine rings is 1. The molecule has 2 aliphatic rings. The molecule has 0 bridgehead atoms. The average molecular weight is 714 g/mol. The maximum atomic E-state index is 12.7. The standard InChI is InChI=1S/C34H36ClN11O5/c1-36-29(48)18-51-27-15-19-14-21(4-7-25(19)43(2)32(27)49)38-30-24(35)17-37-33(41-30)39-20-8-11-45(12-9-20)22-5-6-23-26(16-22)44(3)42-31(23)46-13-10-28(47)40-34(46)50/h4-7,14-17,20H,8-13,18H2,1-3H3,(H,36,48)(H,40,47,50)(H2,37,38,39,41). The maximum Gasteiger partial charge on any atom is 0.329 e. The van der Waals surface area contributed by atoms with Crippen LogP contribution in [0.1, 0.15) is 19.3 Å². The lowest BCUT2D eigenvalue weighted by atomic mass is 10.0. The van der Waals surface area contributed by atoms with Crippen molar-refractivity contribution in [1.29, 1.82) is 0 Å². The first-order valence-corrected chi connectivity index (χ1v) is 16.8. The first kappa shape index (κ1) is 33.6. The molecule has 5 aromatic rings. The summed E-state index contributed by atoms with van der Waals surface area (Å²) >= 11 is 6.49. The Morgan fingerprint density at radius 3 is 2.61 bits per heavy atom. The predicted octanol–water partition coefficient (Wildman–Crippen LogP) is 3.26. The van der Waals surface area contributed by atoms with E-state index in [9.17, 15) is 19.2 Å². The highest BCUT2D eigenvalue weighted by molar-refractivity contribution is 6.33. The number of benzene rings is 2. The third-order valence-electron chi connectivity index (χ3n) is 9.15. The zero-order valence-electron chi connectivity index (χ0n) is 28.2. The van der Waals surface area contributed by atoms with E-state index in [4.69, 9.17) is 16.3 Å². The number of anilines is 5. The van der Waals surface area contributed by atoms with Crippen molar-refractivity contribution in [2.45, 2.75) is 25.3 Å². The van der Waals surface area contributed by atoms with Gasteiger partial charge in [0.1, 0.15) is 5.02 Å².